The van der Waals surface area contributed by atoms with E-state index in [-0.39, 0.29) is 10.8 Å². The van der Waals surface area contributed by atoms with Crippen LogP contribution in [0.4, 0.5) is 0 Å². The van der Waals surface area contributed by atoms with Crippen molar-refractivity contribution in [3.8, 4) is 12.3 Å². The van der Waals surface area contributed by atoms with Crippen molar-refractivity contribution in [3.05, 3.63) is 0 Å². The Morgan fingerprint density at radius 2 is 2.45 bits per heavy atom. The molecule has 2 heteroatoms. The lowest BCUT2D eigenvalue weighted by molar-refractivity contribution is 0.502. The third-order valence-electron chi connectivity index (χ3n) is 2.32. The lowest BCUT2D eigenvalue weighted by Crippen LogP contribution is -2.42. The Morgan fingerprint density at radius 1 is 1.73 bits per heavy atom. The quantitative estimate of drug-likeness (QED) is 0.629. The summed E-state index contributed by atoms with van der Waals surface area (Å²) in [7, 11) is 1.94. The molecular formula is C9H15NS. The van der Waals surface area contributed by atoms with Crippen LogP contribution >= 0.6 is 11.8 Å². The molecule has 1 aliphatic heterocycles. The molecule has 0 radical (unpaired) electrons. The van der Waals surface area contributed by atoms with Gasteiger partial charge in [0.2, 0.25) is 0 Å². The van der Waals surface area contributed by atoms with E-state index in [1.54, 1.807) is 0 Å². The second-order valence-electron chi connectivity index (χ2n) is 3.15. The van der Waals surface area contributed by atoms with Crippen LogP contribution in [0.15, 0.2) is 0 Å². The van der Waals surface area contributed by atoms with E-state index in [1.807, 2.05) is 18.8 Å². The second-order valence-corrected chi connectivity index (χ2v) is 4.78. The summed E-state index contributed by atoms with van der Waals surface area (Å²) in [6, 6.07) is 0.231. The lowest BCUT2D eigenvalue weighted by Gasteiger charge is -2.28. The van der Waals surface area contributed by atoms with Crippen LogP contribution in [0.1, 0.15) is 19.8 Å². The fourth-order valence-corrected chi connectivity index (χ4v) is 2.99. The van der Waals surface area contributed by atoms with Crippen LogP contribution in [-0.4, -0.2) is 23.6 Å². The smallest absolute Gasteiger partial charge is 0.0830 e. The van der Waals surface area contributed by atoms with Gasteiger partial charge >= 0.3 is 0 Å². The van der Waals surface area contributed by atoms with Crippen LogP contribution in [0, 0.1) is 12.3 Å². The highest BCUT2D eigenvalue weighted by Crippen LogP contribution is 2.40. The first-order valence-corrected chi connectivity index (χ1v) is 4.99. The summed E-state index contributed by atoms with van der Waals surface area (Å²) >= 11 is 2.00. The van der Waals surface area contributed by atoms with Crippen molar-refractivity contribution in [3.63, 3.8) is 0 Å². The average molecular weight is 169 g/mol. The Hall–Kier alpha value is -0.130. The third kappa shape index (κ3) is 1.72. The van der Waals surface area contributed by atoms with Crippen molar-refractivity contribution >= 4 is 11.8 Å². The highest BCUT2D eigenvalue weighted by Gasteiger charge is 2.35. The van der Waals surface area contributed by atoms with Gasteiger partial charge in [0.15, 0.2) is 0 Å². The molecule has 0 aliphatic carbocycles. The predicted molar refractivity (Wildman–Crippen MR) is 51.8 cm³/mol. The largest absolute Gasteiger partial charge is 0.306 e. The van der Waals surface area contributed by atoms with Gasteiger partial charge < -0.3 is 5.32 Å². The average Bonchev–Trinajstić information content (AvgIpc) is 2.39. The van der Waals surface area contributed by atoms with Crippen LogP contribution in [-0.2, 0) is 0 Å². The number of hydrogen-bond acceptors (Lipinski definition) is 2. The third-order valence-corrected chi connectivity index (χ3v) is 3.91. The van der Waals surface area contributed by atoms with Crippen molar-refractivity contribution in [1.29, 1.82) is 0 Å². The maximum absolute atomic E-state index is 5.42. The van der Waals surface area contributed by atoms with E-state index in [0.717, 1.165) is 0 Å². The van der Waals surface area contributed by atoms with Gasteiger partial charge in [-0.25, -0.2) is 0 Å². The molecule has 0 bridgehead atoms. The van der Waals surface area contributed by atoms with E-state index >= 15 is 0 Å². The molecule has 62 valence electrons. The molecule has 1 N–H and O–H groups in total. The predicted octanol–water partition coefficient (Wildman–Crippen LogP) is 1.49. The first-order chi connectivity index (χ1) is 5.23. The maximum atomic E-state index is 5.42. The highest BCUT2D eigenvalue weighted by atomic mass is 32.2. The molecule has 0 aromatic rings. The van der Waals surface area contributed by atoms with E-state index < -0.39 is 0 Å². The molecule has 1 heterocycles. The van der Waals surface area contributed by atoms with Gasteiger partial charge in [-0.1, -0.05) is 5.92 Å². The van der Waals surface area contributed by atoms with E-state index in [0.29, 0.717) is 0 Å². The zero-order chi connectivity index (χ0) is 8.32. The van der Waals surface area contributed by atoms with Crippen LogP contribution in [0.5, 0.6) is 0 Å². The van der Waals surface area contributed by atoms with Crippen LogP contribution < -0.4 is 5.32 Å². The minimum absolute atomic E-state index is 0.231. The highest BCUT2D eigenvalue weighted by molar-refractivity contribution is 8.00. The molecule has 0 spiro atoms. The fourth-order valence-electron chi connectivity index (χ4n) is 1.59. The summed E-state index contributed by atoms with van der Waals surface area (Å²) in [6.45, 7) is 2.26. The number of hydrogen-bond donors (Lipinski definition) is 1. The minimum Gasteiger partial charge on any atom is -0.306 e. The molecule has 0 amide bonds. The summed E-state index contributed by atoms with van der Waals surface area (Å²) < 4.78 is 0.281. The second kappa shape index (κ2) is 3.51. The first-order valence-electron chi connectivity index (χ1n) is 4.00. The summed E-state index contributed by atoms with van der Waals surface area (Å²) in [5, 5.41) is 3.18. The van der Waals surface area contributed by atoms with Gasteiger partial charge in [-0.05, 0) is 32.6 Å². The monoisotopic (exact) mass is 169 g/mol. The normalized spacial score (nSPS) is 33.2. The summed E-state index contributed by atoms with van der Waals surface area (Å²) in [6.07, 6.45) is 7.97. The summed E-state index contributed by atoms with van der Waals surface area (Å²) in [5.41, 5.74) is 0. The zero-order valence-corrected chi connectivity index (χ0v) is 8.00. The molecule has 1 rings (SSSR count). The van der Waals surface area contributed by atoms with Gasteiger partial charge in [0.1, 0.15) is 0 Å². The molecule has 1 saturated heterocycles. The number of terminal acetylenes is 1. The van der Waals surface area contributed by atoms with Crippen molar-refractivity contribution in [1.82, 2.24) is 5.32 Å². The van der Waals surface area contributed by atoms with Gasteiger partial charge in [0.25, 0.3) is 0 Å². The van der Waals surface area contributed by atoms with Gasteiger partial charge in [0, 0.05) is 4.75 Å². The molecule has 1 fully saturated rings. The van der Waals surface area contributed by atoms with E-state index in [9.17, 15) is 0 Å². The van der Waals surface area contributed by atoms with E-state index in [1.165, 1.54) is 18.6 Å². The SMILES string of the molecule is C#CC(NC)C1(C)CCCS1. The molecule has 1 nitrogen and oxygen atoms in total. The standard InChI is InChI=1S/C9H15NS/c1-4-8(10-3)9(2)6-5-7-11-9/h1,8,10H,5-7H2,2-3H3. The Balaban J connectivity index is 2.62. The van der Waals surface area contributed by atoms with Gasteiger partial charge in [0.05, 0.1) is 6.04 Å². The number of rotatable bonds is 2. The maximum Gasteiger partial charge on any atom is 0.0830 e. The van der Waals surface area contributed by atoms with Gasteiger partial charge in [-0.2, -0.15) is 11.8 Å². The molecule has 1 aliphatic rings. The van der Waals surface area contributed by atoms with Crippen molar-refractivity contribution < 1.29 is 0 Å². The molecule has 2 unspecified atom stereocenters. The molecular weight excluding hydrogens is 154 g/mol. The number of thioether (sulfide) groups is 1. The molecule has 0 aromatic carbocycles. The van der Waals surface area contributed by atoms with E-state index in [4.69, 9.17) is 6.42 Å². The minimum atomic E-state index is 0.231. The Kier molecular flexibility index (Phi) is 2.86. The molecule has 0 aromatic heterocycles. The topological polar surface area (TPSA) is 12.0 Å². The van der Waals surface area contributed by atoms with Crippen LogP contribution in [0.3, 0.4) is 0 Å². The lowest BCUT2D eigenvalue weighted by atomic mass is 9.97. The Morgan fingerprint density at radius 3 is 2.82 bits per heavy atom. The van der Waals surface area contributed by atoms with Crippen molar-refractivity contribution in [2.75, 3.05) is 12.8 Å². The van der Waals surface area contributed by atoms with Crippen molar-refractivity contribution in [2.24, 2.45) is 0 Å². The van der Waals surface area contributed by atoms with Gasteiger partial charge in [-0.15, -0.1) is 6.42 Å². The van der Waals surface area contributed by atoms with Crippen LogP contribution in [0.25, 0.3) is 0 Å². The Bertz CT molecular complexity index is 165. The number of nitrogens with one attached hydrogen (secondary N) is 1. The van der Waals surface area contributed by atoms with E-state index in [2.05, 4.69) is 18.2 Å². The molecule has 11 heavy (non-hydrogen) atoms. The summed E-state index contributed by atoms with van der Waals surface area (Å²) in [4.78, 5) is 0. The summed E-state index contributed by atoms with van der Waals surface area (Å²) in [5.74, 6) is 4.06. The van der Waals surface area contributed by atoms with Crippen molar-refractivity contribution in [2.45, 2.75) is 30.6 Å². The van der Waals surface area contributed by atoms with Crippen LogP contribution in [0.2, 0.25) is 0 Å². The fraction of sp³-hybridized carbons (Fsp3) is 0.778. The molecule has 2 atom stereocenters. The van der Waals surface area contributed by atoms with Gasteiger partial charge in [-0.3, -0.25) is 0 Å². The zero-order valence-electron chi connectivity index (χ0n) is 7.18. The Labute approximate surface area is 73.3 Å². The first kappa shape index (κ1) is 8.96. The molecule has 0 saturated carbocycles.